The molecule has 1 atom stereocenters. The van der Waals surface area contributed by atoms with Crippen LogP contribution < -0.4 is 10.5 Å². The van der Waals surface area contributed by atoms with Gasteiger partial charge in [0.1, 0.15) is 5.75 Å². The zero-order valence-electron chi connectivity index (χ0n) is 9.85. The van der Waals surface area contributed by atoms with Gasteiger partial charge in [0.2, 0.25) is 0 Å². The van der Waals surface area contributed by atoms with Crippen LogP contribution in [0.3, 0.4) is 0 Å². The molecule has 1 aromatic carbocycles. The lowest BCUT2D eigenvalue weighted by Crippen LogP contribution is -2.36. The van der Waals surface area contributed by atoms with Crippen LogP contribution in [0.2, 0.25) is 0 Å². The van der Waals surface area contributed by atoms with E-state index >= 15 is 0 Å². The average molecular weight is 221 g/mol. The van der Waals surface area contributed by atoms with Gasteiger partial charge in [0, 0.05) is 6.42 Å². The van der Waals surface area contributed by atoms with Gasteiger partial charge in [0.15, 0.2) is 5.78 Å². The molecule has 0 saturated carbocycles. The molecule has 0 amide bonds. The van der Waals surface area contributed by atoms with Crippen LogP contribution in [0.15, 0.2) is 30.3 Å². The number of Topliss-reactive ketones (excluding diaryl/α,β-unsaturated/α-hetero) is 1. The fourth-order valence-corrected chi connectivity index (χ4v) is 1.32. The zero-order chi connectivity index (χ0) is 12.0. The summed E-state index contributed by atoms with van der Waals surface area (Å²) in [7, 11) is 0. The van der Waals surface area contributed by atoms with Crippen molar-refractivity contribution >= 4 is 5.78 Å². The van der Waals surface area contributed by atoms with Gasteiger partial charge in [-0.15, -0.1) is 0 Å². The van der Waals surface area contributed by atoms with Gasteiger partial charge in [0.05, 0.1) is 12.6 Å². The lowest BCUT2D eigenvalue weighted by atomic mass is 9.99. The SMILES string of the molecule is CC(C)C(N)C(=O)CCOc1ccccc1. The van der Waals surface area contributed by atoms with E-state index in [0.29, 0.717) is 13.0 Å². The summed E-state index contributed by atoms with van der Waals surface area (Å²) in [5, 5.41) is 0. The van der Waals surface area contributed by atoms with Gasteiger partial charge in [-0.1, -0.05) is 32.0 Å². The molecule has 88 valence electrons. The maximum absolute atomic E-state index is 11.6. The molecule has 1 unspecified atom stereocenters. The fraction of sp³-hybridized carbons (Fsp3) is 0.462. The molecule has 0 saturated heterocycles. The highest BCUT2D eigenvalue weighted by atomic mass is 16.5. The van der Waals surface area contributed by atoms with Crippen LogP contribution in [-0.4, -0.2) is 18.4 Å². The Kier molecular flexibility index (Phi) is 4.99. The van der Waals surface area contributed by atoms with E-state index in [-0.39, 0.29) is 17.7 Å². The lowest BCUT2D eigenvalue weighted by Gasteiger charge is -2.14. The van der Waals surface area contributed by atoms with Crippen LogP contribution in [0.1, 0.15) is 20.3 Å². The quantitative estimate of drug-likeness (QED) is 0.799. The van der Waals surface area contributed by atoms with E-state index in [1.807, 2.05) is 44.2 Å². The monoisotopic (exact) mass is 221 g/mol. The van der Waals surface area contributed by atoms with E-state index < -0.39 is 0 Å². The van der Waals surface area contributed by atoms with Gasteiger partial charge in [0.25, 0.3) is 0 Å². The van der Waals surface area contributed by atoms with Crippen molar-refractivity contribution in [2.45, 2.75) is 26.3 Å². The number of para-hydroxylation sites is 1. The van der Waals surface area contributed by atoms with E-state index in [1.165, 1.54) is 0 Å². The standard InChI is InChI=1S/C13H19NO2/c1-10(2)13(14)12(15)8-9-16-11-6-4-3-5-7-11/h3-7,10,13H,8-9,14H2,1-2H3. The molecule has 0 spiro atoms. The van der Waals surface area contributed by atoms with Crippen molar-refractivity contribution in [3.8, 4) is 5.75 Å². The van der Waals surface area contributed by atoms with Crippen LogP contribution >= 0.6 is 0 Å². The van der Waals surface area contributed by atoms with Gasteiger partial charge in [-0.3, -0.25) is 4.79 Å². The Balaban J connectivity index is 2.28. The number of ketones is 1. The van der Waals surface area contributed by atoms with E-state index in [1.54, 1.807) is 0 Å². The minimum atomic E-state index is -0.376. The van der Waals surface area contributed by atoms with Crippen LogP contribution in [0.4, 0.5) is 0 Å². The smallest absolute Gasteiger partial charge is 0.153 e. The Bertz CT molecular complexity index is 322. The second-order valence-electron chi connectivity index (χ2n) is 4.15. The highest BCUT2D eigenvalue weighted by Crippen LogP contribution is 2.09. The summed E-state index contributed by atoms with van der Waals surface area (Å²) in [6, 6.07) is 9.08. The first-order valence-corrected chi connectivity index (χ1v) is 5.57. The minimum Gasteiger partial charge on any atom is -0.493 e. The predicted molar refractivity (Wildman–Crippen MR) is 64.4 cm³/mol. The molecule has 0 aliphatic rings. The topological polar surface area (TPSA) is 52.3 Å². The third kappa shape index (κ3) is 4.03. The van der Waals surface area contributed by atoms with E-state index in [2.05, 4.69) is 0 Å². The van der Waals surface area contributed by atoms with Crippen molar-refractivity contribution in [3.05, 3.63) is 30.3 Å². The molecule has 0 bridgehead atoms. The van der Waals surface area contributed by atoms with E-state index in [9.17, 15) is 4.79 Å². The summed E-state index contributed by atoms with van der Waals surface area (Å²) in [6.07, 6.45) is 0.369. The summed E-state index contributed by atoms with van der Waals surface area (Å²) in [5.74, 6) is 1.03. The number of carbonyl (C=O) groups excluding carboxylic acids is 1. The Morgan fingerprint density at radius 1 is 1.31 bits per heavy atom. The molecule has 0 aliphatic carbocycles. The summed E-state index contributed by atoms with van der Waals surface area (Å²) in [6.45, 7) is 4.28. The number of hydrogen-bond donors (Lipinski definition) is 1. The van der Waals surface area contributed by atoms with Crippen LogP contribution in [-0.2, 0) is 4.79 Å². The summed E-state index contributed by atoms with van der Waals surface area (Å²) in [4.78, 5) is 11.6. The second-order valence-corrected chi connectivity index (χ2v) is 4.15. The molecule has 0 aliphatic heterocycles. The lowest BCUT2D eigenvalue weighted by molar-refractivity contribution is -0.121. The van der Waals surface area contributed by atoms with E-state index in [0.717, 1.165) is 5.75 Å². The van der Waals surface area contributed by atoms with Crippen molar-refractivity contribution < 1.29 is 9.53 Å². The molecular weight excluding hydrogens is 202 g/mol. The van der Waals surface area contributed by atoms with Crippen LogP contribution in [0, 0.1) is 5.92 Å². The number of ether oxygens (including phenoxy) is 1. The van der Waals surface area contributed by atoms with Gasteiger partial charge in [-0.05, 0) is 18.1 Å². The van der Waals surface area contributed by atoms with Gasteiger partial charge in [-0.2, -0.15) is 0 Å². The Morgan fingerprint density at radius 3 is 2.50 bits per heavy atom. The molecular formula is C13H19NO2. The van der Waals surface area contributed by atoms with E-state index in [4.69, 9.17) is 10.5 Å². The van der Waals surface area contributed by atoms with Crippen molar-refractivity contribution in [3.63, 3.8) is 0 Å². The first kappa shape index (κ1) is 12.7. The summed E-state index contributed by atoms with van der Waals surface area (Å²) in [5.41, 5.74) is 5.73. The summed E-state index contributed by atoms with van der Waals surface area (Å²) >= 11 is 0. The number of nitrogens with two attached hydrogens (primary N) is 1. The molecule has 0 radical (unpaired) electrons. The first-order chi connectivity index (χ1) is 7.61. The normalized spacial score (nSPS) is 12.5. The highest BCUT2D eigenvalue weighted by molar-refractivity contribution is 5.84. The largest absolute Gasteiger partial charge is 0.493 e. The fourth-order valence-electron chi connectivity index (χ4n) is 1.32. The third-order valence-corrected chi connectivity index (χ3v) is 2.45. The third-order valence-electron chi connectivity index (χ3n) is 2.45. The van der Waals surface area contributed by atoms with Crippen LogP contribution in [0.25, 0.3) is 0 Å². The molecule has 0 heterocycles. The highest BCUT2D eigenvalue weighted by Gasteiger charge is 2.16. The number of benzene rings is 1. The van der Waals surface area contributed by atoms with Crippen molar-refractivity contribution in [1.29, 1.82) is 0 Å². The number of rotatable bonds is 6. The molecule has 16 heavy (non-hydrogen) atoms. The molecule has 3 heteroatoms. The van der Waals surface area contributed by atoms with Crippen molar-refractivity contribution in [2.24, 2.45) is 11.7 Å². The zero-order valence-corrected chi connectivity index (χ0v) is 9.85. The predicted octanol–water partition coefficient (Wildman–Crippen LogP) is 2.01. The molecule has 1 aromatic rings. The van der Waals surface area contributed by atoms with Gasteiger partial charge >= 0.3 is 0 Å². The number of hydrogen-bond acceptors (Lipinski definition) is 3. The summed E-state index contributed by atoms with van der Waals surface area (Å²) < 4.78 is 5.43. The maximum atomic E-state index is 11.6. The first-order valence-electron chi connectivity index (χ1n) is 5.57. The van der Waals surface area contributed by atoms with Gasteiger partial charge in [-0.25, -0.2) is 0 Å². The Hall–Kier alpha value is -1.35. The maximum Gasteiger partial charge on any atom is 0.153 e. The van der Waals surface area contributed by atoms with Gasteiger partial charge < -0.3 is 10.5 Å². The molecule has 3 nitrogen and oxygen atoms in total. The molecule has 0 aromatic heterocycles. The molecule has 1 rings (SSSR count). The Morgan fingerprint density at radius 2 is 1.94 bits per heavy atom. The van der Waals surface area contributed by atoms with Crippen molar-refractivity contribution in [2.75, 3.05) is 6.61 Å². The average Bonchev–Trinajstić information content (AvgIpc) is 2.29. The second kappa shape index (κ2) is 6.28. The molecule has 2 N–H and O–H groups in total. The Labute approximate surface area is 96.6 Å². The van der Waals surface area contributed by atoms with Crippen LogP contribution in [0.5, 0.6) is 5.75 Å². The molecule has 0 fully saturated rings. The minimum absolute atomic E-state index is 0.0610. The van der Waals surface area contributed by atoms with Crippen molar-refractivity contribution in [1.82, 2.24) is 0 Å². The number of carbonyl (C=O) groups is 1.